The first-order valence-corrected chi connectivity index (χ1v) is 5.67. The van der Waals surface area contributed by atoms with Crippen LogP contribution in [0, 0.1) is 0 Å². The van der Waals surface area contributed by atoms with E-state index in [1.54, 1.807) is 0 Å². The van der Waals surface area contributed by atoms with Gasteiger partial charge >= 0.3 is 11.9 Å². The number of nitrogens with one attached hydrogen (secondary N) is 1. The van der Waals surface area contributed by atoms with Gasteiger partial charge in [0.25, 0.3) is 0 Å². The number of halogens is 1. The number of carbonyl (C=O) groups excluding carboxylic acids is 2. The van der Waals surface area contributed by atoms with Crippen molar-refractivity contribution in [2.75, 3.05) is 6.54 Å². The van der Waals surface area contributed by atoms with Gasteiger partial charge in [0, 0.05) is 17.8 Å². The number of alkyl halides is 1. The molecule has 0 aromatic carbocycles. The molecule has 1 heterocycles. The molecule has 0 spiro atoms. The van der Waals surface area contributed by atoms with Gasteiger partial charge < -0.3 is 10.1 Å². The summed E-state index contributed by atoms with van der Waals surface area (Å²) in [7, 11) is 0. The highest BCUT2D eigenvalue weighted by Gasteiger charge is 2.30. The predicted molar refractivity (Wildman–Crippen MR) is 55.1 cm³/mol. The van der Waals surface area contributed by atoms with Gasteiger partial charge in [-0.15, -0.1) is 0 Å². The summed E-state index contributed by atoms with van der Waals surface area (Å²) in [5.74, 6) is -0.886. The van der Waals surface area contributed by atoms with Crippen LogP contribution in [-0.2, 0) is 14.3 Å². The predicted octanol–water partition coefficient (Wildman–Crippen LogP) is 0.982. The zero-order chi connectivity index (χ0) is 10.6. The van der Waals surface area contributed by atoms with Crippen molar-refractivity contribution in [1.82, 2.24) is 5.32 Å². The van der Waals surface area contributed by atoms with Crippen molar-refractivity contribution in [3.8, 4) is 0 Å². The second-order valence-electron chi connectivity index (χ2n) is 3.34. The van der Waals surface area contributed by atoms with Crippen LogP contribution in [-0.4, -0.2) is 29.4 Å². The molecular weight excluding hydrogens is 250 g/mol. The normalized spacial score (nSPS) is 26.1. The molecule has 1 aliphatic heterocycles. The van der Waals surface area contributed by atoms with Crippen LogP contribution < -0.4 is 5.32 Å². The van der Waals surface area contributed by atoms with Crippen molar-refractivity contribution in [1.29, 1.82) is 0 Å². The Balaban J connectivity index is 2.31. The highest BCUT2D eigenvalue weighted by atomic mass is 79.9. The molecule has 1 aliphatic rings. The summed E-state index contributed by atoms with van der Waals surface area (Å²) >= 11 is 3.39. The van der Waals surface area contributed by atoms with Crippen molar-refractivity contribution in [2.45, 2.75) is 37.1 Å². The summed E-state index contributed by atoms with van der Waals surface area (Å²) < 4.78 is 4.66. The zero-order valence-electron chi connectivity index (χ0n) is 8.09. The second-order valence-corrected chi connectivity index (χ2v) is 4.63. The Morgan fingerprint density at radius 2 is 2.29 bits per heavy atom. The van der Waals surface area contributed by atoms with Gasteiger partial charge in [-0.1, -0.05) is 22.9 Å². The molecular formula is C9H14BrNO3. The first kappa shape index (κ1) is 11.7. The molecule has 0 aromatic heterocycles. The van der Waals surface area contributed by atoms with Crippen LogP contribution in [0.15, 0.2) is 0 Å². The molecule has 4 nitrogen and oxygen atoms in total. The van der Waals surface area contributed by atoms with Gasteiger partial charge in [0.05, 0.1) is 0 Å². The zero-order valence-corrected chi connectivity index (χ0v) is 9.67. The molecule has 0 aliphatic carbocycles. The smallest absolute Gasteiger partial charge is 0.330 e. The third-order valence-electron chi connectivity index (χ3n) is 2.03. The molecule has 0 radical (unpaired) electrons. The monoisotopic (exact) mass is 263 g/mol. The maximum atomic E-state index is 11.3. The quantitative estimate of drug-likeness (QED) is 0.469. The summed E-state index contributed by atoms with van der Waals surface area (Å²) in [6.45, 7) is 2.61. The Morgan fingerprint density at radius 1 is 1.57 bits per heavy atom. The average molecular weight is 264 g/mol. The Bertz CT molecular complexity index is 232. The van der Waals surface area contributed by atoms with E-state index in [-0.39, 0.29) is 6.04 Å². The molecule has 0 aromatic rings. The van der Waals surface area contributed by atoms with Crippen molar-refractivity contribution in [3.63, 3.8) is 0 Å². The lowest BCUT2D eigenvalue weighted by Crippen LogP contribution is -2.33. The van der Waals surface area contributed by atoms with Gasteiger partial charge in [-0.3, -0.25) is 4.79 Å². The number of rotatable bonds is 3. The molecule has 5 heteroatoms. The number of hydrogen-bond acceptors (Lipinski definition) is 4. The van der Waals surface area contributed by atoms with E-state index >= 15 is 0 Å². The molecule has 0 bridgehead atoms. The fraction of sp³-hybridized carbons (Fsp3) is 0.778. The Labute approximate surface area is 91.5 Å². The maximum Gasteiger partial charge on any atom is 0.330 e. The standard InChI is InChI=1S/C9H14BrNO3/c1-2-3-8(12)14-9(13)7-4-6(10)5-11-7/h6-7,11H,2-5H2,1H3/t6?,7-/m0/s1. The minimum atomic E-state index is -0.453. The van der Waals surface area contributed by atoms with Crippen LogP contribution in [0.25, 0.3) is 0 Å². The minimum absolute atomic E-state index is 0.293. The molecule has 1 fully saturated rings. The van der Waals surface area contributed by atoms with Gasteiger partial charge in [-0.25, -0.2) is 4.79 Å². The molecule has 0 saturated carbocycles. The summed E-state index contributed by atoms with van der Waals surface area (Å²) in [6, 6.07) is -0.333. The SMILES string of the molecule is CCCC(=O)OC(=O)[C@@H]1CC(Br)CN1. The van der Waals surface area contributed by atoms with Gasteiger partial charge in [0.15, 0.2) is 0 Å². The molecule has 1 N–H and O–H groups in total. The topological polar surface area (TPSA) is 55.4 Å². The lowest BCUT2D eigenvalue weighted by Gasteiger charge is -2.07. The first-order chi connectivity index (χ1) is 6.63. The van der Waals surface area contributed by atoms with Crippen molar-refractivity contribution in [3.05, 3.63) is 0 Å². The summed E-state index contributed by atoms with van der Waals surface area (Å²) in [4.78, 5) is 22.7. The van der Waals surface area contributed by atoms with Crippen molar-refractivity contribution >= 4 is 27.9 Å². The molecule has 1 rings (SSSR count). The number of hydrogen-bond donors (Lipinski definition) is 1. The molecule has 1 saturated heterocycles. The summed E-state index contributed by atoms with van der Waals surface area (Å²) in [6.07, 6.45) is 1.68. The van der Waals surface area contributed by atoms with Gasteiger partial charge in [0.2, 0.25) is 0 Å². The molecule has 2 atom stereocenters. The lowest BCUT2D eigenvalue weighted by atomic mass is 10.2. The number of carbonyl (C=O) groups is 2. The van der Waals surface area contributed by atoms with E-state index in [0.29, 0.717) is 24.1 Å². The minimum Gasteiger partial charge on any atom is -0.392 e. The van der Waals surface area contributed by atoms with Gasteiger partial charge in [-0.05, 0) is 12.8 Å². The third kappa shape index (κ3) is 3.38. The van der Waals surface area contributed by atoms with Gasteiger partial charge in [-0.2, -0.15) is 0 Å². The fourth-order valence-electron chi connectivity index (χ4n) is 1.31. The first-order valence-electron chi connectivity index (χ1n) is 4.75. The van der Waals surface area contributed by atoms with E-state index in [9.17, 15) is 9.59 Å². The van der Waals surface area contributed by atoms with E-state index < -0.39 is 11.9 Å². The van der Waals surface area contributed by atoms with Crippen LogP contribution in [0.3, 0.4) is 0 Å². The maximum absolute atomic E-state index is 11.3. The summed E-state index contributed by atoms with van der Waals surface area (Å²) in [5.41, 5.74) is 0. The van der Waals surface area contributed by atoms with Crippen LogP contribution in [0.4, 0.5) is 0 Å². The van der Waals surface area contributed by atoms with Gasteiger partial charge in [0.1, 0.15) is 6.04 Å². The highest BCUT2D eigenvalue weighted by molar-refractivity contribution is 9.09. The number of esters is 2. The highest BCUT2D eigenvalue weighted by Crippen LogP contribution is 2.15. The largest absolute Gasteiger partial charge is 0.392 e. The third-order valence-corrected chi connectivity index (χ3v) is 2.73. The Hall–Kier alpha value is -0.420. The lowest BCUT2D eigenvalue weighted by molar-refractivity contribution is -0.160. The van der Waals surface area contributed by atoms with Crippen LogP contribution in [0.2, 0.25) is 0 Å². The second kappa shape index (κ2) is 5.46. The van der Waals surface area contributed by atoms with E-state index in [4.69, 9.17) is 0 Å². The Kier molecular flexibility index (Phi) is 4.54. The van der Waals surface area contributed by atoms with Crippen molar-refractivity contribution in [2.24, 2.45) is 0 Å². The van der Waals surface area contributed by atoms with E-state index in [0.717, 1.165) is 6.54 Å². The van der Waals surface area contributed by atoms with E-state index in [1.165, 1.54) is 0 Å². The molecule has 0 amide bonds. The van der Waals surface area contributed by atoms with Crippen LogP contribution in [0.5, 0.6) is 0 Å². The van der Waals surface area contributed by atoms with E-state index in [1.807, 2.05) is 6.92 Å². The summed E-state index contributed by atoms with van der Waals surface area (Å²) in [5, 5.41) is 2.98. The molecule has 14 heavy (non-hydrogen) atoms. The van der Waals surface area contributed by atoms with Crippen LogP contribution >= 0.6 is 15.9 Å². The molecule has 1 unspecified atom stereocenters. The fourth-order valence-corrected chi connectivity index (χ4v) is 1.87. The van der Waals surface area contributed by atoms with Crippen LogP contribution in [0.1, 0.15) is 26.2 Å². The number of ether oxygens (including phenoxy) is 1. The van der Waals surface area contributed by atoms with Crippen molar-refractivity contribution < 1.29 is 14.3 Å². The Morgan fingerprint density at radius 3 is 2.79 bits per heavy atom. The average Bonchev–Trinajstić information content (AvgIpc) is 2.52. The van der Waals surface area contributed by atoms with E-state index in [2.05, 4.69) is 26.0 Å². The molecule has 80 valence electrons.